The van der Waals surface area contributed by atoms with Gasteiger partial charge in [-0.15, -0.1) is 0 Å². The minimum atomic E-state index is -0.863. The molecule has 9 heteroatoms. The zero-order valence-electron chi connectivity index (χ0n) is 38.4. The van der Waals surface area contributed by atoms with E-state index in [2.05, 4.69) is 284 Å². The molecule has 0 heterocycles. The highest BCUT2D eigenvalue weighted by atomic mass is 16.6. The minimum Gasteiger partial charge on any atom is -0.454 e. The van der Waals surface area contributed by atoms with Crippen molar-refractivity contribution in [3.8, 4) is 284 Å². The van der Waals surface area contributed by atoms with Crippen LogP contribution in [-0.4, -0.2) is 76.9 Å². The van der Waals surface area contributed by atoms with Gasteiger partial charge in [-0.3, -0.25) is 0 Å². The number of rotatable bonds is 14. The Bertz CT molecular complexity index is 3520. The van der Waals surface area contributed by atoms with Crippen LogP contribution < -0.4 is 0 Å². The van der Waals surface area contributed by atoms with E-state index >= 15 is 0 Å². The Balaban J connectivity index is 5.14. The molecule has 0 aromatic heterocycles. The molecule has 0 unspecified atom stereocenters. The minimum absolute atomic E-state index is 0.0364. The normalized spacial score (nSPS) is 6.17. The van der Waals surface area contributed by atoms with Gasteiger partial charge in [0.1, 0.15) is 25.9 Å². The van der Waals surface area contributed by atoms with Crippen LogP contribution in [-0.2, 0) is 42.8 Å². The topological polar surface area (TPSA) is 107 Å². The fourth-order valence-electron chi connectivity index (χ4n) is 2.98. The molecule has 0 N–H and O–H groups in total. The SMILES string of the molecule is CC#CC#CC#CC#CC#CC#CC#CC#CC(=O)OCCOCC(COCCOC(=O)C#CC#CC#CC#CC#CC#CC#CC#CC)OCCOC(=O)C#CC#CC#CC#CC#CC#CC#CC#CC. The highest BCUT2D eigenvalue weighted by Crippen LogP contribution is 1.97. The molecule has 0 aliphatic heterocycles. The van der Waals surface area contributed by atoms with Crippen molar-refractivity contribution in [2.24, 2.45) is 0 Å². The van der Waals surface area contributed by atoms with Crippen LogP contribution in [0.1, 0.15) is 20.8 Å². The van der Waals surface area contributed by atoms with E-state index in [0.717, 1.165) is 0 Å². The van der Waals surface area contributed by atoms with Crippen molar-refractivity contribution in [2.45, 2.75) is 26.9 Å². The number of hydrogen-bond acceptors (Lipinski definition) is 9. The van der Waals surface area contributed by atoms with Crippen molar-refractivity contribution in [1.29, 1.82) is 0 Å². The Kier molecular flexibility index (Phi) is 42.6. The lowest BCUT2D eigenvalue weighted by atomic mass is 10.4. The second kappa shape index (κ2) is 51.4. The lowest BCUT2D eigenvalue weighted by molar-refractivity contribution is -0.143. The molecule has 0 rings (SSSR count). The van der Waals surface area contributed by atoms with Crippen molar-refractivity contribution in [3.05, 3.63) is 0 Å². The second-order valence-electron chi connectivity index (χ2n) is 10.4. The molecule has 0 radical (unpaired) electrons. The largest absolute Gasteiger partial charge is 0.454 e. The van der Waals surface area contributed by atoms with Gasteiger partial charge >= 0.3 is 17.9 Å². The zero-order chi connectivity index (χ0) is 52.2. The highest BCUT2D eigenvalue weighted by molar-refractivity contribution is 5.90. The summed E-state index contributed by atoms with van der Waals surface area (Å²) in [7, 11) is 0. The average Bonchev–Trinajstić information content (AvgIpc) is 3.38. The number of esters is 3. The van der Waals surface area contributed by atoms with Crippen LogP contribution >= 0.6 is 0 Å². The first kappa shape index (κ1) is 59.7. The summed E-state index contributed by atoms with van der Waals surface area (Å²) in [5, 5.41) is 0. The summed E-state index contributed by atoms with van der Waals surface area (Å²) in [4.78, 5) is 35.8. The van der Waals surface area contributed by atoms with Gasteiger partial charge in [0.2, 0.25) is 0 Å². The predicted molar refractivity (Wildman–Crippen MR) is 268 cm³/mol. The van der Waals surface area contributed by atoms with Crippen LogP contribution in [0, 0.1) is 284 Å². The molecule has 0 atom stereocenters. The van der Waals surface area contributed by atoms with Crippen LogP contribution in [0.15, 0.2) is 0 Å². The van der Waals surface area contributed by atoms with Gasteiger partial charge in [-0.1, -0.05) is 17.8 Å². The molecule has 0 saturated carbocycles. The molecular weight excluding hydrogens is 901 g/mol. The third-order valence-corrected chi connectivity index (χ3v) is 5.51. The number of carbonyl (C=O) groups excluding carboxylic acids is 3. The standard InChI is InChI=1S/C63H26O9/c1-4-7-10-13-16-19-22-25-28-31-34-37-40-43-46-49-61(64)70-54-52-67-58-60(69-56-57-72-63(66)51-48-45-42-39-36-33-30-27-24-21-18-15-12-9-6-3)59-68-53-55-71-62(65)50-47-44-41-38-35-32-29-26-23-20-17-14-11-8-5-2/h60H,52-59H2,1-3H3. The highest BCUT2D eigenvalue weighted by Gasteiger charge is 2.11. The molecule has 0 spiro atoms. The Hall–Kier alpha value is -12.3. The van der Waals surface area contributed by atoms with Crippen LogP contribution in [0.25, 0.3) is 0 Å². The Morgan fingerprint density at radius 2 is 0.458 bits per heavy atom. The molecule has 0 saturated heterocycles. The third-order valence-electron chi connectivity index (χ3n) is 5.51. The van der Waals surface area contributed by atoms with E-state index in [1.54, 1.807) is 20.8 Å². The summed E-state index contributed by atoms with van der Waals surface area (Å²) in [6, 6.07) is 0. The molecule has 0 aromatic carbocycles. The Morgan fingerprint density at radius 1 is 0.264 bits per heavy atom. The number of carbonyl (C=O) groups is 3. The summed E-state index contributed by atoms with van der Waals surface area (Å²) in [6.45, 7) is 4.29. The number of hydrogen-bond donors (Lipinski definition) is 0. The van der Waals surface area contributed by atoms with Crippen molar-refractivity contribution in [3.63, 3.8) is 0 Å². The monoisotopic (exact) mass is 926 g/mol. The van der Waals surface area contributed by atoms with E-state index in [0.29, 0.717) is 0 Å². The molecule has 0 aliphatic rings. The molecule has 0 amide bonds. The molecule has 0 aliphatic carbocycles. The summed E-state index contributed by atoms with van der Waals surface area (Å²) in [5.41, 5.74) is 0. The molecule has 332 valence electrons. The van der Waals surface area contributed by atoms with Gasteiger partial charge in [0.05, 0.1) is 33.0 Å². The van der Waals surface area contributed by atoms with Gasteiger partial charge in [-0.25, -0.2) is 14.4 Å². The van der Waals surface area contributed by atoms with Crippen LogP contribution in [0.3, 0.4) is 0 Å². The van der Waals surface area contributed by atoms with Crippen LogP contribution in [0.5, 0.6) is 0 Å². The van der Waals surface area contributed by atoms with Crippen LogP contribution in [0.2, 0.25) is 0 Å². The average molecular weight is 927 g/mol. The fourth-order valence-corrected chi connectivity index (χ4v) is 2.98. The molecular formula is C63H26O9. The summed E-state index contributed by atoms with van der Waals surface area (Å²) in [6.07, 6.45) is -0.701. The van der Waals surface area contributed by atoms with Gasteiger partial charge in [0, 0.05) is 17.8 Å². The molecule has 72 heavy (non-hydrogen) atoms. The van der Waals surface area contributed by atoms with E-state index in [1.165, 1.54) is 0 Å². The molecule has 0 bridgehead atoms. The van der Waals surface area contributed by atoms with E-state index in [1.807, 2.05) is 0 Å². The Morgan fingerprint density at radius 3 is 0.681 bits per heavy atom. The van der Waals surface area contributed by atoms with Gasteiger partial charge in [-0.2, -0.15) is 0 Å². The molecule has 0 aromatic rings. The Labute approximate surface area is 423 Å². The molecule has 9 nitrogen and oxygen atoms in total. The van der Waals surface area contributed by atoms with Gasteiger partial charge in [0.25, 0.3) is 0 Å². The van der Waals surface area contributed by atoms with Crippen LogP contribution in [0.4, 0.5) is 0 Å². The summed E-state index contributed by atoms with van der Waals surface area (Å²) < 4.78 is 31.9. The maximum absolute atomic E-state index is 12.0. The smallest absolute Gasteiger partial charge is 0.385 e. The summed E-state index contributed by atoms with van der Waals surface area (Å²) in [5.74, 6) is 115. The van der Waals surface area contributed by atoms with Crippen molar-refractivity contribution < 1.29 is 42.8 Å². The first-order valence-corrected chi connectivity index (χ1v) is 19.6. The number of ether oxygens (including phenoxy) is 6. The van der Waals surface area contributed by atoms with Crippen molar-refractivity contribution in [1.82, 2.24) is 0 Å². The van der Waals surface area contributed by atoms with E-state index in [9.17, 15) is 14.4 Å². The summed E-state index contributed by atoms with van der Waals surface area (Å²) >= 11 is 0. The molecule has 0 fully saturated rings. The lowest BCUT2D eigenvalue weighted by Crippen LogP contribution is -2.29. The third kappa shape index (κ3) is 48.8. The van der Waals surface area contributed by atoms with Crippen molar-refractivity contribution in [2.75, 3.05) is 52.9 Å². The van der Waals surface area contributed by atoms with E-state index < -0.39 is 24.0 Å². The maximum atomic E-state index is 12.0. The van der Waals surface area contributed by atoms with Gasteiger partial charge < -0.3 is 28.4 Å². The lowest BCUT2D eigenvalue weighted by Gasteiger charge is -2.18. The second-order valence-corrected chi connectivity index (χ2v) is 10.4. The maximum Gasteiger partial charge on any atom is 0.385 e. The predicted octanol–water partition coefficient (Wildman–Crippen LogP) is 0.176. The van der Waals surface area contributed by atoms with Gasteiger partial charge in [-0.05, 0) is 269 Å². The fraction of sp³-hybridized carbons (Fsp3) is 0.190. The zero-order valence-corrected chi connectivity index (χ0v) is 38.4. The first-order valence-electron chi connectivity index (χ1n) is 19.6. The quantitative estimate of drug-likeness (QED) is 0.0794. The van der Waals surface area contributed by atoms with Gasteiger partial charge in [0.15, 0.2) is 0 Å². The van der Waals surface area contributed by atoms with Crippen molar-refractivity contribution >= 4 is 17.9 Å². The van der Waals surface area contributed by atoms with E-state index in [-0.39, 0.29) is 52.9 Å². The first-order chi connectivity index (χ1) is 35.5. The van der Waals surface area contributed by atoms with E-state index in [4.69, 9.17) is 28.4 Å².